The van der Waals surface area contributed by atoms with Crippen LogP contribution in [0.15, 0.2) is 22.7 Å². The summed E-state index contributed by atoms with van der Waals surface area (Å²) in [7, 11) is 1.77. The van der Waals surface area contributed by atoms with Gasteiger partial charge in [-0.1, -0.05) is 6.07 Å². The van der Waals surface area contributed by atoms with Crippen LogP contribution in [0.4, 0.5) is 0 Å². The van der Waals surface area contributed by atoms with Gasteiger partial charge >= 0.3 is 0 Å². The normalized spacial score (nSPS) is 11.4. The standard InChI is InChI=1S/C14H21BrN2O2.ClH/c1-10-4-5-13(12(15)8-10)19-7-6-14(18)17(3)11(2)9-16;/h4-5,8,11H,6-7,9,16H2,1-3H3;1H. The highest BCUT2D eigenvalue weighted by atomic mass is 79.9. The van der Waals surface area contributed by atoms with E-state index >= 15 is 0 Å². The highest BCUT2D eigenvalue weighted by Gasteiger charge is 2.14. The Balaban J connectivity index is 0.00000361. The van der Waals surface area contributed by atoms with Gasteiger partial charge in [0.2, 0.25) is 5.91 Å². The molecule has 1 amide bonds. The van der Waals surface area contributed by atoms with E-state index < -0.39 is 0 Å². The van der Waals surface area contributed by atoms with Crippen molar-refractivity contribution in [2.24, 2.45) is 5.73 Å². The number of benzene rings is 1. The van der Waals surface area contributed by atoms with Crippen LogP contribution in [0.1, 0.15) is 18.9 Å². The molecule has 0 aliphatic rings. The number of carbonyl (C=O) groups is 1. The van der Waals surface area contributed by atoms with Gasteiger partial charge in [0.15, 0.2) is 0 Å². The molecule has 6 heteroatoms. The van der Waals surface area contributed by atoms with Crippen molar-refractivity contribution in [1.29, 1.82) is 0 Å². The molecule has 1 aromatic rings. The van der Waals surface area contributed by atoms with E-state index in [1.807, 2.05) is 32.0 Å². The largest absolute Gasteiger partial charge is 0.492 e. The van der Waals surface area contributed by atoms with Gasteiger partial charge < -0.3 is 15.4 Å². The monoisotopic (exact) mass is 364 g/mol. The first-order valence-electron chi connectivity index (χ1n) is 6.30. The van der Waals surface area contributed by atoms with Crippen LogP contribution in [0, 0.1) is 6.92 Å². The first-order valence-corrected chi connectivity index (χ1v) is 7.09. The molecular formula is C14H22BrClN2O2. The van der Waals surface area contributed by atoms with E-state index in [0.717, 1.165) is 15.8 Å². The molecule has 0 aliphatic heterocycles. The maximum atomic E-state index is 11.9. The third-order valence-corrected chi connectivity index (χ3v) is 3.68. The molecule has 1 atom stereocenters. The lowest BCUT2D eigenvalue weighted by molar-refractivity contribution is -0.132. The molecule has 0 heterocycles. The van der Waals surface area contributed by atoms with Crippen molar-refractivity contribution in [1.82, 2.24) is 4.90 Å². The fourth-order valence-corrected chi connectivity index (χ4v) is 2.16. The molecule has 0 spiro atoms. The Morgan fingerprint density at radius 1 is 1.50 bits per heavy atom. The summed E-state index contributed by atoms with van der Waals surface area (Å²) in [5.74, 6) is 0.800. The Hall–Kier alpha value is -0.780. The van der Waals surface area contributed by atoms with Crippen LogP contribution in [-0.4, -0.2) is 37.0 Å². The van der Waals surface area contributed by atoms with Gasteiger partial charge in [-0.15, -0.1) is 12.4 Å². The quantitative estimate of drug-likeness (QED) is 0.843. The average Bonchev–Trinajstić information content (AvgIpc) is 2.39. The van der Waals surface area contributed by atoms with Crippen LogP contribution < -0.4 is 10.5 Å². The number of aryl methyl sites for hydroxylation is 1. The van der Waals surface area contributed by atoms with E-state index in [4.69, 9.17) is 10.5 Å². The Morgan fingerprint density at radius 2 is 2.15 bits per heavy atom. The number of hydrogen-bond donors (Lipinski definition) is 1. The number of carbonyl (C=O) groups excluding carboxylic acids is 1. The Bertz CT molecular complexity index is 443. The van der Waals surface area contributed by atoms with Crippen LogP contribution in [0.25, 0.3) is 0 Å². The van der Waals surface area contributed by atoms with Gasteiger partial charge in [-0.25, -0.2) is 0 Å². The van der Waals surface area contributed by atoms with Crippen LogP contribution in [0.3, 0.4) is 0 Å². The average molecular weight is 366 g/mol. The molecule has 0 radical (unpaired) electrons. The second kappa shape index (κ2) is 9.21. The van der Waals surface area contributed by atoms with Gasteiger partial charge in [0.1, 0.15) is 5.75 Å². The number of halogens is 2. The van der Waals surface area contributed by atoms with E-state index in [-0.39, 0.29) is 24.4 Å². The second-order valence-electron chi connectivity index (χ2n) is 4.62. The molecular weight excluding hydrogens is 344 g/mol. The maximum Gasteiger partial charge on any atom is 0.226 e. The van der Waals surface area contributed by atoms with Crippen molar-refractivity contribution in [2.75, 3.05) is 20.2 Å². The van der Waals surface area contributed by atoms with Gasteiger partial charge in [-0.3, -0.25) is 4.79 Å². The molecule has 20 heavy (non-hydrogen) atoms. The summed E-state index contributed by atoms with van der Waals surface area (Å²) in [6, 6.07) is 5.92. The van der Waals surface area contributed by atoms with Gasteiger partial charge in [0.25, 0.3) is 0 Å². The number of likely N-dealkylation sites (N-methyl/N-ethyl adjacent to an activating group) is 1. The lowest BCUT2D eigenvalue weighted by Gasteiger charge is -2.23. The molecule has 0 aliphatic carbocycles. The van der Waals surface area contributed by atoms with Crippen LogP contribution in [0.5, 0.6) is 5.75 Å². The second-order valence-corrected chi connectivity index (χ2v) is 5.48. The minimum Gasteiger partial charge on any atom is -0.492 e. The molecule has 0 bridgehead atoms. The predicted octanol–water partition coefficient (Wildman–Crippen LogP) is 2.75. The molecule has 0 aromatic heterocycles. The Kier molecular flexibility index (Phi) is 8.85. The smallest absolute Gasteiger partial charge is 0.226 e. The minimum atomic E-state index is 0. The van der Waals surface area contributed by atoms with Gasteiger partial charge in [0.05, 0.1) is 17.5 Å². The molecule has 114 valence electrons. The van der Waals surface area contributed by atoms with Crippen molar-refractivity contribution in [3.05, 3.63) is 28.2 Å². The van der Waals surface area contributed by atoms with E-state index in [1.165, 1.54) is 0 Å². The van der Waals surface area contributed by atoms with Gasteiger partial charge in [-0.05, 0) is 47.5 Å². The van der Waals surface area contributed by atoms with Crippen molar-refractivity contribution < 1.29 is 9.53 Å². The maximum absolute atomic E-state index is 11.9. The van der Waals surface area contributed by atoms with Crippen molar-refractivity contribution in [3.8, 4) is 5.75 Å². The molecule has 0 saturated heterocycles. The Morgan fingerprint density at radius 3 is 2.70 bits per heavy atom. The van der Waals surface area contributed by atoms with Crippen LogP contribution >= 0.6 is 28.3 Å². The Labute approximate surface area is 135 Å². The predicted molar refractivity (Wildman–Crippen MR) is 87.5 cm³/mol. The van der Waals surface area contributed by atoms with Crippen molar-refractivity contribution >= 4 is 34.2 Å². The van der Waals surface area contributed by atoms with E-state index in [9.17, 15) is 4.79 Å². The third kappa shape index (κ3) is 5.69. The summed E-state index contributed by atoms with van der Waals surface area (Å²) in [4.78, 5) is 13.5. The summed E-state index contributed by atoms with van der Waals surface area (Å²) >= 11 is 3.44. The topological polar surface area (TPSA) is 55.6 Å². The molecule has 1 rings (SSSR count). The molecule has 0 saturated carbocycles. The van der Waals surface area contributed by atoms with Gasteiger partial charge in [-0.2, -0.15) is 0 Å². The van der Waals surface area contributed by atoms with E-state index in [2.05, 4.69) is 15.9 Å². The number of hydrogen-bond acceptors (Lipinski definition) is 3. The van der Waals surface area contributed by atoms with E-state index in [0.29, 0.717) is 19.6 Å². The fraction of sp³-hybridized carbons (Fsp3) is 0.500. The molecule has 2 N–H and O–H groups in total. The zero-order chi connectivity index (χ0) is 14.4. The number of nitrogens with two attached hydrogens (primary N) is 1. The summed E-state index contributed by atoms with van der Waals surface area (Å²) < 4.78 is 6.51. The number of ether oxygens (including phenoxy) is 1. The number of rotatable bonds is 6. The van der Waals surface area contributed by atoms with Gasteiger partial charge in [0, 0.05) is 19.6 Å². The van der Waals surface area contributed by atoms with Crippen LogP contribution in [0.2, 0.25) is 0 Å². The zero-order valence-corrected chi connectivity index (χ0v) is 14.5. The molecule has 1 unspecified atom stereocenters. The SMILES string of the molecule is Cc1ccc(OCCC(=O)N(C)C(C)CN)c(Br)c1.Cl. The summed E-state index contributed by atoms with van der Waals surface area (Å²) in [6.07, 6.45) is 0.348. The summed E-state index contributed by atoms with van der Waals surface area (Å²) in [6.45, 7) is 4.77. The van der Waals surface area contributed by atoms with Crippen molar-refractivity contribution in [2.45, 2.75) is 26.3 Å². The lowest BCUT2D eigenvalue weighted by Crippen LogP contribution is -2.40. The highest BCUT2D eigenvalue weighted by Crippen LogP contribution is 2.25. The first-order chi connectivity index (χ1) is 8.95. The van der Waals surface area contributed by atoms with Crippen molar-refractivity contribution in [3.63, 3.8) is 0 Å². The third-order valence-electron chi connectivity index (χ3n) is 3.06. The highest BCUT2D eigenvalue weighted by molar-refractivity contribution is 9.10. The lowest BCUT2D eigenvalue weighted by atomic mass is 10.2. The minimum absolute atomic E-state index is 0. The summed E-state index contributed by atoms with van der Waals surface area (Å²) in [5, 5.41) is 0. The molecule has 1 aromatic carbocycles. The van der Waals surface area contributed by atoms with E-state index in [1.54, 1.807) is 11.9 Å². The summed E-state index contributed by atoms with van der Waals surface area (Å²) in [5.41, 5.74) is 6.69. The molecule has 0 fully saturated rings. The fourth-order valence-electron chi connectivity index (χ4n) is 1.55. The first kappa shape index (κ1) is 19.2. The van der Waals surface area contributed by atoms with Crippen LogP contribution in [-0.2, 0) is 4.79 Å². The number of amides is 1. The molecule has 4 nitrogen and oxygen atoms in total. The number of nitrogens with zero attached hydrogens (tertiary/aromatic N) is 1. The zero-order valence-electron chi connectivity index (χ0n) is 12.1.